The Bertz CT molecular complexity index is 1480. The molecule has 5 rings (SSSR count). The molecule has 0 radical (unpaired) electrons. The van der Waals surface area contributed by atoms with Crippen LogP contribution in [0.4, 0.5) is 5.69 Å². The number of amides is 1. The van der Waals surface area contributed by atoms with Gasteiger partial charge in [0.1, 0.15) is 5.75 Å². The van der Waals surface area contributed by atoms with E-state index in [9.17, 15) is 13.2 Å². The predicted octanol–water partition coefficient (Wildman–Crippen LogP) is 6.13. The Labute approximate surface area is 281 Å². The van der Waals surface area contributed by atoms with Crippen LogP contribution in [0.3, 0.4) is 0 Å². The van der Waals surface area contributed by atoms with Gasteiger partial charge in [-0.25, -0.2) is 13.1 Å². The zero-order valence-electron chi connectivity index (χ0n) is 28.2. The van der Waals surface area contributed by atoms with Crippen LogP contribution in [0.15, 0.2) is 48.6 Å². The van der Waals surface area contributed by atoms with E-state index in [1.807, 2.05) is 25.1 Å². The second-order valence-corrected chi connectivity index (χ2v) is 15.9. The van der Waals surface area contributed by atoms with Gasteiger partial charge in [0.15, 0.2) is 0 Å². The van der Waals surface area contributed by atoms with Gasteiger partial charge in [0.2, 0.25) is 10.0 Å². The lowest BCUT2D eigenvalue weighted by atomic mass is 9.66. The molecular weight excluding hydrogens is 622 g/mol. The number of carbonyl (C=O) groups is 1. The highest BCUT2D eigenvalue weighted by Gasteiger charge is 2.39. The van der Waals surface area contributed by atoms with Crippen LogP contribution in [0.5, 0.6) is 5.75 Å². The third kappa shape index (κ3) is 8.46. The number of rotatable bonds is 5. The highest BCUT2D eigenvalue weighted by molar-refractivity contribution is 7.90. The van der Waals surface area contributed by atoms with Crippen molar-refractivity contribution >= 4 is 33.2 Å². The van der Waals surface area contributed by atoms with Crippen molar-refractivity contribution in [1.29, 1.82) is 0 Å². The number of anilines is 1. The minimum Gasteiger partial charge on any atom is -0.491 e. The number of hydrogen-bond acceptors (Lipinski definition) is 7. The molecule has 2 aromatic rings. The number of ether oxygens (including phenoxy) is 1. The molecule has 8 nitrogen and oxygen atoms in total. The molecule has 1 aliphatic carbocycles. The monoisotopic (exact) mass is 673 g/mol. The van der Waals surface area contributed by atoms with Crippen molar-refractivity contribution in [3.63, 3.8) is 0 Å². The topological polar surface area (TPSA) is 99.2 Å². The Hall–Kier alpha value is -2.59. The summed E-state index contributed by atoms with van der Waals surface area (Å²) in [5, 5.41) is 7.03. The number of aliphatic hydroxyl groups excluding tert-OH is 1. The first-order valence-corrected chi connectivity index (χ1v) is 18.5. The third-order valence-electron chi connectivity index (χ3n) is 9.98. The Morgan fingerprint density at radius 1 is 1.09 bits per heavy atom. The average molecular weight is 674 g/mol. The first-order valence-electron chi connectivity index (χ1n) is 16.6. The number of sulfonamides is 1. The Kier molecular flexibility index (Phi) is 12.6. The van der Waals surface area contributed by atoms with Crippen molar-refractivity contribution in [3.05, 3.63) is 70.3 Å². The van der Waals surface area contributed by atoms with Crippen molar-refractivity contribution < 1.29 is 23.1 Å². The molecule has 10 heteroatoms. The normalized spacial score (nSPS) is 28.4. The summed E-state index contributed by atoms with van der Waals surface area (Å²) in [6.07, 6.45) is 9.43. The molecule has 2 bridgehead atoms. The largest absolute Gasteiger partial charge is 0.491 e. The predicted molar refractivity (Wildman–Crippen MR) is 188 cm³/mol. The van der Waals surface area contributed by atoms with E-state index in [2.05, 4.69) is 59.8 Å². The lowest BCUT2D eigenvalue weighted by molar-refractivity contribution is 0.0980. The summed E-state index contributed by atoms with van der Waals surface area (Å²) in [5.41, 5.74) is 3.67. The maximum absolute atomic E-state index is 13.4. The molecule has 0 saturated heterocycles. The number of benzene rings is 2. The molecule has 2 N–H and O–H groups in total. The molecule has 1 amide bonds. The minimum atomic E-state index is -3.87. The van der Waals surface area contributed by atoms with Gasteiger partial charge in [-0.05, 0) is 112 Å². The van der Waals surface area contributed by atoms with Crippen molar-refractivity contribution in [2.24, 2.45) is 23.7 Å². The molecule has 2 aliphatic heterocycles. The summed E-state index contributed by atoms with van der Waals surface area (Å²) >= 11 is 6.42. The number of nitrogens with zero attached hydrogens (tertiary/aromatic N) is 2. The summed E-state index contributed by atoms with van der Waals surface area (Å²) in [4.78, 5) is 18.0. The zero-order valence-corrected chi connectivity index (χ0v) is 29.8. The molecule has 2 aromatic carbocycles. The molecular formula is C36H52ClN3O5S. The van der Waals surface area contributed by atoms with E-state index in [0.29, 0.717) is 36.3 Å². The van der Waals surface area contributed by atoms with Gasteiger partial charge in [0.05, 0.1) is 17.5 Å². The Morgan fingerprint density at radius 2 is 1.85 bits per heavy atom. The summed E-state index contributed by atoms with van der Waals surface area (Å²) < 4.78 is 35.4. The maximum Gasteiger partial charge on any atom is 0.264 e. The van der Waals surface area contributed by atoms with Crippen LogP contribution in [0.1, 0.15) is 73.9 Å². The Balaban J connectivity index is 0.00000235. The van der Waals surface area contributed by atoms with E-state index < -0.39 is 21.2 Å². The summed E-state index contributed by atoms with van der Waals surface area (Å²) in [7, 11) is 1.37. The first-order chi connectivity index (χ1) is 22.0. The number of aliphatic hydroxyl groups is 1. The smallest absolute Gasteiger partial charge is 0.264 e. The number of fused-ring (bicyclic) bond motifs is 2. The van der Waals surface area contributed by atoms with E-state index in [1.165, 1.54) is 17.5 Å². The SMILES string of the molecule is CCCc1cc(Cl)ccc1C1COc2ccc3cc2N(C1)CC1CCC1C(CN(C)C)/C=C/CC(C)C(C)S(=O)(=O)NC3=O.CO. The van der Waals surface area contributed by atoms with E-state index >= 15 is 0 Å². The van der Waals surface area contributed by atoms with Crippen molar-refractivity contribution in [2.45, 2.75) is 64.0 Å². The molecule has 0 aromatic heterocycles. The number of aryl methyl sites for hydroxylation is 1. The summed E-state index contributed by atoms with van der Waals surface area (Å²) in [5.74, 6) is 1.50. The number of carbonyl (C=O) groups excluding carboxylic acids is 1. The average Bonchev–Trinajstić information content (AvgIpc) is 3.18. The zero-order chi connectivity index (χ0) is 33.6. The van der Waals surface area contributed by atoms with Gasteiger partial charge in [-0.15, -0.1) is 0 Å². The second kappa shape index (κ2) is 16.0. The molecule has 2 heterocycles. The van der Waals surface area contributed by atoms with Crippen molar-refractivity contribution in [2.75, 3.05) is 52.3 Å². The molecule has 3 aliphatic rings. The van der Waals surface area contributed by atoms with Gasteiger partial charge in [0, 0.05) is 43.2 Å². The molecule has 0 spiro atoms. The van der Waals surface area contributed by atoms with Crippen LogP contribution in [0.2, 0.25) is 5.02 Å². The number of allylic oxidation sites excluding steroid dienone is 1. The van der Waals surface area contributed by atoms with Crippen LogP contribution in [-0.4, -0.2) is 77.0 Å². The first kappa shape index (κ1) is 36.2. The quantitative estimate of drug-likeness (QED) is 0.369. The molecule has 6 unspecified atom stereocenters. The fourth-order valence-corrected chi connectivity index (χ4v) is 8.61. The van der Waals surface area contributed by atoms with Gasteiger partial charge in [-0.2, -0.15) is 0 Å². The van der Waals surface area contributed by atoms with Crippen LogP contribution in [-0.2, 0) is 16.4 Å². The third-order valence-corrected chi connectivity index (χ3v) is 12.1. The highest BCUT2D eigenvalue weighted by Crippen LogP contribution is 2.44. The number of halogens is 1. The van der Waals surface area contributed by atoms with Gasteiger partial charge in [-0.3, -0.25) is 4.79 Å². The fraction of sp³-hybridized carbons (Fsp3) is 0.583. The van der Waals surface area contributed by atoms with Crippen LogP contribution in [0, 0.1) is 23.7 Å². The van der Waals surface area contributed by atoms with Gasteiger partial charge in [0.25, 0.3) is 5.91 Å². The van der Waals surface area contributed by atoms with E-state index in [1.54, 1.807) is 13.0 Å². The van der Waals surface area contributed by atoms with Crippen LogP contribution < -0.4 is 14.4 Å². The van der Waals surface area contributed by atoms with Gasteiger partial charge in [-0.1, -0.05) is 50.1 Å². The number of hydrogen-bond donors (Lipinski definition) is 2. The lowest BCUT2D eigenvalue weighted by Crippen LogP contribution is -2.44. The van der Waals surface area contributed by atoms with Gasteiger partial charge < -0.3 is 19.6 Å². The van der Waals surface area contributed by atoms with E-state index in [-0.39, 0.29) is 11.8 Å². The van der Waals surface area contributed by atoms with Gasteiger partial charge >= 0.3 is 0 Å². The Morgan fingerprint density at radius 3 is 2.52 bits per heavy atom. The minimum absolute atomic E-state index is 0.114. The molecule has 1 saturated carbocycles. The van der Waals surface area contributed by atoms with E-state index in [0.717, 1.165) is 62.5 Å². The highest BCUT2D eigenvalue weighted by atomic mass is 35.5. The summed E-state index contributed by atoms with van der Waals surface area (Å²) in [6, 6.07) is 11.5. The lowest BCUT2D eigenvalue weighted by Gasteiger charge is -2.45. The maximum atomic E-state index is 13.4. The van der Waals surface area contributed by atoms with Crippen LogP contribution >= 0.6 is 11.6 Å². The van der Waals surface area contributed by atoms with Crippen LogP contribution in [0.25, 0.3) is 0 Å². The fourth-order valence-electron chi connectivity index (χ4n) is 7.13. The molecule has 254 valence electrons. The van der Waals surface area contributed by atoms with E-state index in [4.69, 9.17) is 21.4 Å². The summed E-state index contributed by atoms with van der Waals surface area (Å²) in [6.45, 7) is 8.86. The molecule has 1 fully saturated rings. The van der Waals surface area contributed by atoms with Crippen molar-refractivity contribution in [1.82, 2.24) is 9.62 Å². The molecule has 6 atom stereocenters. The standard InChI is InChI=1S/C35H48ClN3O4S.CH4O/c1-6-8-25-17-30(36)13-15-31(25)29-21-39-20-28-11-14-32(28)27(19-38(4)5)10-7-9-23(2)24(3)44(41,42)37-35(40)26-12-16-34(43-22-29)33(39)18-26;1-2/h7,10,12-13,15-18,23-24,27-29,32H,6,8-9,11,14,19-22H2,1-5H3,(H,37,40);2H,1H3/b10-7+;. The molecule has 46 heavy (non-hydrogen) atoms. The number of nitrogens with one attached hydrogen (secondary N) is 1. The second-order valence-electron chi connectivity index (χ2n) is 13.4. The van der Waals surface area contributed by atoms with Crippen molar-refractivity contribution in [3.8, 4) is 5.75 Å².